The molecule has 2 heterocycles. The lowest BCUT2D eigenvalue weighted by atomic mass is 9.96. The van der Waals surface area contributed by atoms with Gasteiger partial charge in [0.15, 0.2) is 0 Å². The molecule has 0 bridgehead atoms. The minimum atomic E-state index is 1.23. The summed E-state index contributed by atoms with van der Waals surface area (Å²) < 4.78 is 2.48. The van der Waals surface area contributed by atoms with Gasteiger partial charge in [0.25, 0.3) is 0 Å². The fourth-order valence-corrected chi connectivity index (χ4v) is 6.85. The summed E-state index contributed by atoms with van der Waals surface area (Å²) in [5.41, 5.74) is 13.7. The van der Waals surface area contributed by atoms with Gasteiger partial charge in [-0.15, -0.1) is 0 Å². The zero-order valence-electron chi connectivity index (χ0n) is 23.5. The van der Waals surface area contributed by atoms with Gasteiger partial charge < -0.3 is 4.40 Å². The third-order valence-corrected chi connectivity index (χ3v) is 8.91. The van der Waals surface area contributed by atoms with Crippen LogP contribution in [0.15, 0.2) is 164 Å². The summed E-state index contributed by atoms with van der Waals surface area (Å²) in [6.07, 6.45) is 0. The third-order valence-electron chi connectivity index (χ3n) is 8.91. The highest BCUT2D eigenvalue weighted by Gasteiger charge is 2.20. The van der Waals surface area contributed by atoms with Crippen LogP contribution >= 0.6 is 0 Å². The van der Waals surface area contributed by atoms with Crippen LogP contribution in [0.1, 0.15) is 0 Å². The van der Waals surface area contributed by atoms with Gasteiger partial charge in [0, 0.05) is 21.5 Å². The maximum Gasteiger partial charge on any atom is 0.0620 e. The Labute approximate surface area is 250 Å². The van der Waals surface area contributed by atoms with Crippen molar-refractivity contribution in [2.24, 2.45) is 0 Å². The van der Waals surface area contributed by atoms with Gasteiger partial charge in [-0.1, -0.05) is 121 Å². The Balaban J connectivity index is 1.32. The van der Waals surface area contributed by atoms with E-state index in [1.807, 2.05) is 0 Å². The summed E-state index contributed by atoms with van der Waals surface area (Å²) in [5, 5.41) is 5.17. The van der Waals surface area contributed by atoms with Gasteiger partial charge in [0.2, 0.25) is 0 Å². The zero-order valence-corrected chi connectivity index (χ0v) is 23.5. The van der Waals surface area contributed by atoms with E-state index >= 15 is 0 Å². The normalized spacial score (nSPS) is 11.7. The van der Waals surface area contributed by atoms with Crippen LogP contribution in [-0.4, -0.2) is 4.40 Å². The Morgan fingerprint density at radius 1 is 0.256 bits per heavy atom. The average Bonchev–Trinajstić information content (AvgIpc) is 3.60. The first-order valence-electron chi connectivity index (χ1n) is 14.9. The van der Waals surface area contributed by atoms with Crippen molar-refractivity contribution in [1.29, 1.82) is 0 Å². The second-order valence-electron chi connectivity index (χ2n) is 11.4. The van der Waals surface area contributed by atoms with Crippen molar-refractivity contribution in [1.82, 2.24) is 4.40 Å². The molecule has 0 atom stereocenters. The Morgan fingerprint density at radius 3 is 1.14 bits per heavy atom. The number of aromatic nitrogens is 1. The van der Waals surface area contributed by atoms with Gasteiger partial charge >= 0.3 is 0 Å². The van der Waals surface area contributed by atoms with Gasteiger partial charge in [0.05, 0.1) is 16.6 Å². The van der Waals surface area contributed by atoms with E-state index in [1.165, 1.54) is 82.6 Å². The lowest BCUT2D eigenvalue weighted by Gasteiger charge is -2.08. The molecular weight excluding hydrogens is 518 g/mol. The summed E-state index contributed by atoms with van der Waals surface area (Å²) in [4.78, 5) is 0. The highest BCUT2D eigenvalue weighted by atomic mass is 14.9. The number of hydrogen-bond acceptors (Lipinski definition) is 0. The van der Waals surface area contributed by atoms with Gasteiger partial charge in [-0.2, -0.15) is 0 Å². The van der Waals surface area contributed by atoms with Crippen LogP contribution < -0.4 is 0 Å². The van der Waals surface area contributed by atoms with Crippen molar-refractivity contribution < 1.29 is 0 Å². The largest absolute Gasteiger partial charge is 0.308 e. The molecule has 0 spiro atoms. The van der Waals surface area contributed by atoms with E-state index < -0.39 is 0 Å². The minimum absolute atomic E-state index is 1.23. The molecular formula is C42H27N. The summed E-state index contributed by atoms with van der Waals surface area (Å²) in [7, 11) is 0. The van der Waals surface area contributed by atoms with Crippen molar-refractivity contribution in [3.05, 3.63) is 164 Å². The van der Waals surface area contributed by atoms with Gasteiger partial charge in [-0.25, -0.2) is 0 Å². The molecule has 0 saturated carbocycles. The Morgan fingerprint density at radius 2 is 0.628 bits per heavy atom. The molecule has 0 aliphatic carbocycles. The van der Waals surface area contributed by atoms with Crippen LogP contribution in [0.5, 0.6) is 0 Å². The van der Waals surface area contributed by atoms with E-state index in [-0.39, 0.29) is 0 Å². The monoisotopic (exact) mass is 545 g/mol. The average molecular weight is 546 g/mol. The molecule has 1 nitrogen and oxygen atoms in total. The molecule has 0 unspecified atom stereocenters. The van der Waals surface area contributed by atoms with Crippen molar-refractivity contribution in [2.45, 2.75) is 0 Å². The molecule has 0 N–H and O–H groups in total. The van der Waals surface area contributed by atoms with Crippen LogP contribution in [0.3, 0.4) is 0 Å². The standard InChI is InChI=1S/C42H27N/c1-4-11-28(12-5-1)31-17-10-18-32(23-31)34-20-22-41-37(25-34)39-27-35(30-15-8-3-9-16-30)26-38-36-24-33(29-13-6-2-7-14-29)19-21-40(36)43(41)42(38)39/h1-27H. The number of benzene rings is 7. The van der Waals surface area contributed by atoms with E-state index in [4.69, 9.17) is 0 Å². The Hall–Kier alpha value is -5.66. The summed E-state index contributed by atoms with van der Waals surface area (Å²) in [6.45, 7) is 0. The quantitative estimate of drug-likeness (QED) is 0.207. The number of nitrogens with zero attached hydrogens (tertiary/aromatic N) is 1. The van der Waals surface area contributed by atoms with Crippen LogP contribution in [0.2, 0.25) is 0 Å². The van der Waals surface area contributed by atoms with Crippen molar-refractivity contribution >= 4 is 38.1 Å². The topological polar surface area (TPSA) is 4.41 Å². The van der Waals surface area contributed by atoms with Crippen LogP contribution in [-0.2, 0) is 0 Å². The molecule has 9 rings (SSSR count). The van der Waals surface area contributed by atoms with E-state index in [0.29, 0.717) is 0 Å². The minimum Gasteiger partial charge on any atom is -0.308 e. The van der Waals surface area contributed by atoms with E-state index in [1.54, 1.807) is 0 Å². The molecule has 9 aromatic rings. The van der Waals surface area contributed by atoms with Gasteiger partial charge in [-0.05, 0) is 87.0 Å². The number of fused-ring (bicyclic) bond motifs is 6. The fraction of sp³-hybridized carbons (Fsp3) is 0. The molecule has 43 heavy (non-hydrogen) atoms. The van der Waals surface area contributed by atoms with Crippen molar-refractivity contribution in [3.8, 4) is 44.5 Å². The maximum atomic E-state index is 2.48. The van der Waals surface area contributed by atoms with E-state index in [2.05, 4.69) is 168 Å². The first-order valence-corrected chi connectivity index (χ1v) is 14.9. The summed E-state index contributed by atoms with van der Waals surface area (Å²) in [5.74, 6) is 0. The van der Waals surface area contributed by atoms with Gasteiger partial charge in [0.1, 0.15) is 0 Å². The molecule has 0 amide bonds. The van der Waals surface area contributed by atoms with Gasteiger partial charge in [-0.3, -0.25) is 0 Å². The predicted octanol–water partition coefficient (Wildman–Crippen LogP) is 11.5. The highest BCUT2D eigenvalue weighted by molar-refractivity contribution is 6.25. The first-order chi connectivity index (χ1) is 21.3. The highest BCUT2D eigenvalue weighted by Crippen LogP contribution is 2.43. The smallest absolute Gasteiger partial charge is 0.0620 e. The van der Waals surface area contributed by atoms with E-state index in [0.717, 1.165) is 0 Å². The second kappa shape index (κ2) is 9.44. The third kappa shape index (κ3) is 3.79. The van der Waals surface area contributed by atoms with E-state index in [9.17, 15) is 0 Å². The number of hydrogen-bond donors (Lipinski definition) is 0. The maximum absolute atomic E-state index is 2.48. The van der Waals surface area contributed by atoms with Crippen molar-refractivity contribution in [2.75, 3.05) is 0 Å². The first kappa shape index (κ1) is 24.0. The molecule has 0 fully saturated rings. The number of rotatable bonds is 4. The Kier molecular flexibility index (Phi) is 5.27. The molecule has 0 saturated heterocycles. The Bertz CT molecular complexity index is 2420. The van der Waals surface area contributed by atoms with Crippen LogP contribution in [0.4, 0.5) is 0 Å². The lowest BCUT2D eigenvalue weighted by Crippen LogP contribution is -1.84. The lowest BCUT2D eigenvalue weighted by molar-refractivity contribution is 1.37. The SMILES string of the molecule is c1ccc(-c2cccc(-c3ccc4c(c3)c3cc(-c5ccccc5)cc5c6cc(-c7ccccc7)ccc6n4c53)c2)cc1. The second-order valence-corrected chi connectivity index (χ2v) is 11.4. The predicted molar refractivity (Wildman–Crippen MR) is 183 cm³/mol. The molecule has 0 aliphatic heterocycles. The van der Waals surface area contributed by atoms with Crippen LogP contribution in [0.25, 0.3) is 82.6 Å². The molecule has 0 radical (unpaired) electrons. The summed E-state index contributed by atoms with van der Waals surface area (Å²) >= 11 is 0. The molecule has 200 valence electrons. The van der Waals surface area contributed by atoms with Crippen LogP contribution in [0, 0.1) is 0 Å². The van der Waals surface area contributed by atoms with Crippen molar-refractivity contribution in [3.63, 3.8) is 0 Å². The fourth-order valence-electron chi connectivity index (χ4n) is 6.85. The molecule has 1 heteroatoms. The molecule has 2 aromatic heterocycles. The zero-order chi connectivity index (χ0) is 28.3. The summed E-state index contributed by atoms with van der Waals surface area (Å²) in [6, 6.07) is 59.7. The molecule has 0 aliphatic rings. The molecule has 7 aromatic carbocycles.